The summed E-state index contributed by atoms with van der Waals surface area (Å²) < 4.78 is 51.5. The van der Waals surface area contributed by atoms with Gasteiger partial charge in [0.05, 0.1) is 35.4 Å². The lowest BCUT2D eigenvalue weighted by atomic mass is 10.00. The van der Waals surface area contributed by atoms with Crippen molar-refractivity contribution in [2.45, 2.75) is 40.3 Å². The molecule has 0 bridgehead atoms. The van der Waals surface area contributed by atoms with Crippen molar-refractivity contribution in [2.75, 3.05) is 0 Å². The summed E-state index contributed by atoms with van der Waals surface area (Å²) in [5.74, 6) is 0.0511. The Morgan fingerprint density at radius 2 is 1.03 bits per heavy atom. The predicted molar refractivity (Wildman–Crippen MR) is 272 cm³/mol. The normalized spacial score (nSPS) is 11.6. The standard InChI is InChI=1S/C59H48NO9P/c1-41-33-49(58(61)65-38-45-19-9-4-10-20-45)34-42(2)57(41)68-59(62)56-51-25-15-16-26-53(51)60-54-36-48(29-32-52(54)56)55(35-43-27-30-50(31-28-43)64-37-44-17-7-3-8-18-44)69-70(63,66-39-46-21-11-5-12-22-46)67-40-47-23-13-6-14-24-47/h3-36H,37-40H2,1-2H3. The second kappa shape index (κ2) is 21.9. The van der Waals surface area contributed by atoms with Crippen molar-refractivity contribution in [3.63, 3.8) is 0 Å². The summed E-state index contributed by atoms with van der Waals surface area (Å²) >= 11 is 0. The monoisotopic (exact) mass is 945 g/mol. The van der Waals surface area contributed by atoms with Crippen LogP contribution in [-0.2, 0) is 49.3 Å². The van der Waals surface area contributed by atoms with Crippen molar-refractivity contribution in [2.24, 2.45) is 0 Å². The van der Waals surface area contributed by atoms with Gasteiger partial charge in [0.25, 0.3) is 0 Å². The lowest BCUT2D eigenvalue weighted by molar-refractivity contribution is 0.0472. The molecule has 0 fully saturated rings. The molecule has 10 nitrogen and oxygen atoms in total. The first-order valence-corrected chi connectivity index (χ1v) is 24.1. The predicted octanol–water partition coefficient (Wildman–Crippen LogP) is 14.2. The van der Waals surface area contributed by atoms with E-state index in [1.165, 1.54) is 0 Å². The van der Waals surface area contributed by atoms with Crippen LogP contribution in [0.25, 0.3) is 33.6 Å². The highest BCUT2D eigenvalue weighted by Gasteiger charge is 2.31. The Labute approximate surface area is 406 Å². The SMILES string of the molecule is Cc1cc(C(=O)OCc2ccccc2)cc(C)c1OC(=O)c1c2ccccc2nc2cc(C(=Cc3ccc(OCc4ccccc4)cc3)OP(=O)(OCc3ccccc3)OCc3ccccc3)ccc12. The van der Waals surface area contributed by atoms with Gasteiger partial charge in [-0.1, -0.05) is 164 Å². The van der Waals surface area contributed by atoms with E-state index < -0.39 is 19.8 Å². The Morgan fingerprint density at radius 1 is 0.514 bits per heavy atom. The first-order valence-electron chi connectivity index (χ1n) is 22.7. The van der Waals surface area contributed by atoms with Gasteiger partial charge < -0.3 is 18.7 Å². The molecule has 0 atom stereocenters. The summed E-state index contributed by atoms with van der Waals surface area (Å²) in [6, 6.07) is 61.4. The van der Waals surface area contributed by atoms with Crippen LogP contribution in [-0.4, -0.2) is 16.9 Å². The fourth-order valence-corrected chi connectivity index (χ4v) is 9.02. The number of hydrogen-bond donors (Lipinski definition) is 0. The molecule has 1 heterocycles. The number of hydrogen-bond acceptors (Lipinski definition) is 10. The number of pyridine rings is 1. The van der Waals surface area contributed by atoms with Crippen LogP contribution in [0.2, 0.25) is 0 Å². The summed E-state index contributed by atoms with van der Waals surface area (Å²) in [6.45, 7) is 3.99. The van der Waals surface area contributed by atoms with Crippen LogP contribution in [0.3, 0.4) is 0 Å². The van der Waals surface area contributed by atoms with Crippen LogP contribution < -0.4 is 9.47 Å². The number of esters is 2. The maximum atomic E-state index is 14.9. The number of phosphoric ester groups is 1. The van der Waals surface area contributed by atoms with E-state index in [1.807, 2.05) is 170 Å². The van der Waals surface area contributed by atoms with E-state index in [2.05, 4.69) is 0 Å². The van der Waals surface area contributed by atoms with Crippen LogP contribution >= 0.6 is 7.82 Å². The maximum absolute atomic E-state index is 14.9. The molecule has 1 aromatic heterocycles. The van der Waals surface area contributed by atoms with Crippen LogP contribution in [0.1, 0.15) is 65.2 Å². The summed E-state index contributed by atoms with van der Waals surface area (Å²) in [6.07, 6.45) is 1.75. The van der Waals surface area contributed by atoms with Crippen molar-refractivity contribution in [3.8, 4) is 11.5 Å². The molecule has 8 aromatic carbocycles. The lowest BCUT2D eigenvalue weighted by Gasteiger charge is -2.21. The van der Waals surface area contributed by atoms with Crippen molar-refractivity contribution < 1.29 is 41.9 Å². The molecule has 0 unspecified atom stereocenters. The second-order valence-corrected chi connectivity index (χ2v) is 18.1. The van der Waals surface area contributed by atoms with Gasteiger partial charge in [-0.25, -0.2) is 19.1 Å². The number of aryl methyl sites for hydroxylation is 2. The highest BCUT2D eigenvalue weighted by Crippen LogP contribution is 2.55. The van der Waals surface area contributed by atoms with Crippen molar-refractivity contribution >= 4 is 53.4 Å². The highest BCUT2D eigenvalue weighted by atomic mass is 31.2. The molecule has 9 rings (SSSR count). The van der Waals surface area contributed by atoms with Crippen LogP contribution in [0.15, 0.2) is 200 Å². The number of rotatable bonds is 18. The van der Waals surface area contributed by atoms with E-state index in [0.29, 0.717) is 67.7 Å². The molecule has 0 saturated heterocycles. The third-order valence-electron chi connectivity index (χ3n) is 11.4. The molecule has 9 aromatic rings. The van der Waals surface area contributed by atoms with E-state index >= 15 is 0 Å². The van der Waals surface area contributed by atoms with Crippen molar-refractivity contribution in [1.29, 1.82) is 0 Å². The highest BCUT2D eigenvalue weighted by molar-refractivity contribution is 7.48. The molecule has 0 radical (unpaired) electrons. The van der Waals surface area contributed by atoms with Gasteiger partial charge in [0.2, 0.25) is 0 Å². The molecule has 70 heavy (non-hydrogen) atoms. The van der Waals surface area contributed by atoms with Crippen LogP contribution in [0, 0.1) is 13.8 Å². The van der Waals surface area contributed by atoms with Crippen molar-refractivity contribution in [1.82, 2.24) is 4.98 Å². The minimum Gasteiger partial charge on any atom is -0.489 e. The largest absolute Gasteiger partial charge is 0.530 e. The van der Waals surface area contributed by atoms with E-state index in [-0.39, 0.29) is 31.1 Å². The number of nitrogens with zero attached hydrogens (tertiary/aromatic N) is 1. The first kappa shape index (κ1) is 46.9. The van der Waals surface area contributed by atoms with Crippen LogP contribution in [0.5, 0.6) is 11.5 Å². The number of phosphoric acid groups is 1. The summed E-state index contributed by atoms with van der Waals surface area (Å²) in [5, 5.41) is 1.09. The molecule has 0 N–H and O–H groups in total. The molecular formula is C59H48NO9P. The number of aromatic nitrogens is 1. The zero-order valence-corrected chi connectivity index (χ0v) is 39.4. The van der Waals surface area contributed by atoms with Gasteiger partial charge in [0.1, 0.15) is 30.5 Å². The van der Waals surface area contributed by atoms with Crippen molar-refractivity contribution in [3.05, 3.63) is 256 Å². The molecule has 0 saturated carbocycles. The lowest BCUT2D eigenvalue weighted by Crippen LogP contribution is -2.13. The number of carbonyl (C=O) groups is 2. The quantitative estimate of drug-likeness (QED) is 0.0205. The molecule has 0 aliphatic rings. The third-order valence-corrected chi connectivity index (χ3v) is 12.7. The topological polar surface area (TPSA) is 119 Å². The molecule has 11 heteroatoms. The van der Waals surface area contributed by atoms with E-state index in [9.17, 15) is 14.2 Å². The van der Waals surface area contributed by atoms with Gasteiger partial charge in [0, 0.05) is 16.3 Å². The first-order chi connectivity index (χ1) is 34.2. The van der Waals surface area contributed by atoms with E-state index in [4.69, 9.17) is 32.8 Å². The Balaban J connectivity index is 1.06. The zero-order chi connectivity index (χ0) is 48.3. The van der Waals surface area contributed by atoms with E-state index in [0.717, 1.165) is 22.3 Å². The second-order valence-electron chi connectivity index (χ2n) is 16.5. The minimum absolute atomic E-state index is 0.0512. The average Bonchev–Trinajstić information content (AvgIpc) is 3.40. The van der Waals surface area contributed by atoms with Gasteiger partial charge in [-0.2, -0.15) is 0 Å². The summed E-state index contributed by atoms with van der Waals surface area (Å²) in [4.78, 5) is 32.7. The smallest absolute Gasteiger partial charge is 0.489 e. The Hall–Kier alpha value is -8.14. The Morgan fingerprint density at radius 3 is 1.61 bits per heavy atom. The fraction of sp³-hybridized carbons (Fsp3) is 0.102. The number of ether oxygens (including phenoxy) is 3. The summed E-state index contributed by atoms with van der Waals surface area (Å²) in [7, 11) is -4.38. The van der Waals surface area contributed by atoms with Gasteiger partial charge in [-0.15, -0.1) is 0 Å². The minimum atomic E-state index is -4.38. The number of para-hydroxylation sites is 1. The Kier molecular flexibility index (Phi) is 14.7. The van der Waals surface area contributed by atoms with E-state index in [1.54, 1.807) is 50.3 Å². The number of benzene rings is 8. The molecule has 348 valence electrons. The third kappa shape index (κ3) is 11.7. The molecule has 0 aliphatic carbocycles. The average molecular weight is 946 g/mol. The Bertz CT molecular complexity index is 3280. The molecule has 0 spiro atoms. The zero-order valence-electron chi connectivity index (χ0n) is 38.5. The molecule has 0 amide bonds. The molecular weight excluding hydrogens is 898 g/mol. The van der Waals surface area contributed by atoms with Gasteiger partial charge >= 0.3 is 19.8 Å². The van der Waals surface area contributed by atoms with Gasteiger partial charge in [-0.3, -0.25) is 9.05 Å². The van der Waals surface area contributed by atoms with Gasteiger partial charge in [-0.05, 0) is 95.3 Å². The molecule has 0 aliphatic heterocycles. The van der Waals surface area contributed by atoms with Crippen LogP contribution in [0.4, 0.5) is 0 Å². The number of carbonyl (C=O) groups excluding carboxylic acids is 2. The fourth-order valence-electron chi connectivity index (χ4n) is 7.83. The number of fused-ring (bicyclic) bond motifs is 2. The van der Waals surface area contributed by atoms with Gasteiger partial charge in [0.15, 0.2) is 0 Å². The summed E-state index contributed by atoms with van der Waals surface area (Å²) in [5.41, 5.74) is 7.43. The maximum Gasteiger partial charge on any atom is 0.530 e.